The molecule has 6 nitrogen and oxygen atoms in total. The molecule has 3 rings (SSSR count). The number of rotatable bonds is 3. The number of nitrogens with zero attached hydrogens (tertiary/aromatic N) is 3. The fourth-order valence-electron chi connectivity index (χ4n) is 3.00. The molecular formula is C18H19N3O3. The van der Waals surface area contributed by atoms with Crippen molar-refractivity contribution in [3.63, 3.8) is 0 Å². The Kier molecular flexibility index (Phi) is 4.46. The smallest absolute Gasteiger partial charge is 0.337 e. The molecule has 1 N–H and O–H groups in total. The van der Waals surface area contributed by atoms with E-state index in [-0.39, 0.29) is 17.5 Å². The highest BCUT2D eigenvalue weighted by Crippen LogP contribution is 2.21. The molecule has 1 fully saturated rings. The molecule has 1 aromatic heterocycles. The molecule has 2 aromatic rings. The number of aromatic carboxylic acids is 1. The van der Waals surface area contributed by atoms with E-state index in [1.807, 2.05) is 18.2 Å². The van der Waals surface area contributed by atoms with Crippen molar-refractivity contribution in [3.05, 3.63) is 59.9 Å². The first-order valence-electron chi connectivity index (χ1n) is 7.85. The molecule has 6 heteroatoms. The van der Waals surface area contributed by atoms with E-state index in [9.17, 15) is 9.59 Å². The number of hydrogen-bond donors (Lipinski definition) is 1. The summed E-state index contributed by atoms with van der Waals surface area (Å²) in [4.78, 5) is 31.6. The number of carboxylic acids is 1. The van der Waals surface area contributed by atoms with E-state index in [0.29, 0.717) is 18.7 Å². The predicted molar refractivity (Wildman–Crippen MR) is 90.3 cm³/mol. The Morgan fingerprint density at radius 3 is 2.50 bits per heavy atom. The molecule has 0 aliphatic carbocycles. The second kappa shape index (κ2) is 6.70. The number of aromatic nitrogens is 1. The summed E-state index contributed by atoms with van der Waals surface area (Å²) in [6.45, 7) is 4.00. The van der Waals surface area contributed by atoms with Crippen LogP contribution in [0.25, 0.3) is 0 Å². The van der Waals surface area contributed by atoms with Crippen LogP contribution in [0.1, 0.15) is 27.6 Å². The van der Waals surface area contributed by atoms with Crippen LogP contribution in [-0.2, 0) is 0 Å². The van der Waals surface area contributed by atoms with Crippen LogP contribution in [0.3, 0.4) is 0 Å². The van der Waals surface area contributed by atoms with Crippen molar-refractivity contribution in [2.45, 2.75) is 13.0 Å². The summed E-state index contributed by atoms with van der Waals surface area (Å²) < 4.78 is 0. The zero-order valence-electron chi connectivity index (χ0n) is 13.4. The molecule has 2 heterocycles. The van der Waals surface area contributed by atoms with Gasteiger partial charge in [0.25, 0.3) is 5.91 Å². The fraction of sp³-hybridized carbons (Fsp3) is 0.278. The van der Waals surface area contributed by atoms with Crippen molar-refractivity contribution in [2.24, 2.45) is 0 Å². The first-order chi connectivity index (χ1) is 11.6. The van der Waals surface area contributed by atoms with E-state index in [2.05, 4.69) is 28.9 Å². The number of piperazine rings is 1. The lowest BCUT2D eigenvalue weighted by Gasteiger charge is -2.41. The van der Waals surface area contributed by atoms with Gasteiger partial charge in [-0.1, -0.05) is 18.2 Å². The van der Waals surface area contributed by atoms with Gasteiger partial charge in [0.05, 0.1) is 11.1 Å². The average Bonchev–Trinajstić information content (AvgIpc) is 2.62. The van der Waals surface area contributed by atoms with E-state index < -0.39 is 5.97 Å². The lowest BCUT2D eigenvalue weighted by molar-refractivity contribution is 0.0696. The maximum atomic E-state index is 12.6. The molecule has 24 heavy (non-hydrogen) atoms. The van der Waals surface area contributed by atoms with Crippen molar-refractivity contribution in [1.29, 1.82) is 0 Å². The Hall–Kier alpha value is -2.89. The molecular weight excluding hydrogens is 306 g/mol. The summed E-state index contributed by atoms with van der Waals surface area (Å²) in [6.07, 6.45) is 2.66. The molecule has 1 aromatic carbocycles. The summed E-state index contributed by atoms with van der Waals surface area (Å²) in [5.74, 6) is -1.26. The molecule has 1 atom stereocenters. The zero-order valence-corrected chi connectivity index (χ0v) is 13.4. The van der Waals surface area contributed by atoms with Crippen molar-refractivity contribution in [3.8, 4) is 0 Å². The zero-order chi connectivity index (χ0) is 17.1. The molecule has 0 spiro atoms. The Balaban J connectivity index is 1.72. The molecule has 1 saturated heterocycles. The quantitative estimate of drug-likeness (QED) is 0.936. The minimum absolute atomic E-state index is 0.0248. The maximum Gasteiger partial charge on any atom is 0.337 e. The second-order valence-electron chi connectivity index (χ2n) is 5.90. The molecule has 0 saturated carbocycles. The van der Waals surface area contributed by atoms with Gasteiger partial charge in [-0.05, 0) is 25.1 Å². The van der Waals surface area contributed by atoms with Gasteiger partial charge in [-0.25, -0.2) is 4.79 Å². The Morgan fingerprint density at radius 1 is 1.12 bits per heavy atom. The van der Waals surface area contributed by atoms with Gasteiger partial charge < -0.3 is 14.9 Å². The van der Waals surface area contributed by atoms with Crippen LogP contribution in [-0.4, -0.2) is 52.5 Å². The average molecular weight is 325 g/mol. The van der Waals surface area contributed by atoms with Crippen LogP contribution in [0, 0.1) is 0 Å². The number of carboxylic acid groups (broad SMARTS) is 1. The molecule has 1 amide bonds. The van der Waals surface area contributed by atoms with Gasteiger partial charge in [-0.3, -0.25) is 9.78 Å². The number of para-hydroxylation sites is 1. The summed E-state index contributed by atoms with van der Waals surface area (Å²) in [5, 5.41) is 9.03. The minimum Gasteiger partial charge on any atom is -0.478 e. The number of hydrogen-bond acceptors (Lipinski definition) is 4. The van der Waals surface area contributed by atoms with Crippen LogP contribution < -0.4 is 4.90 Å². The van der Waals surface area contributed by atoms with Gasteiger partial charge in [-0.2, -0.15) is 0 Å². The monoisotopic (exact) mass is 325 g/mol. The van der Waals surface area contributed by atoms with E-state index in [1.165, 1.54) is 18.5 Å². The molecule has 124 valence electrons. The normalized spacial score (nSPS) is 17.6. The molecule has 1 aliphatic heterocycles. The number of benzene rings is 1. The summed E-state index contributed by atoms with van der Waals surface area (Å²) in [7, 11) is 0. The highest BCUT2D eigenvalue weighted by molar-refractivity contribution is 5.97. The van der Waals surface area contributed by atoms with Crippen LogP contribution >= 0.6 is 0 Å². The van der Waals surface area contributed by atoms with Crippen LogP contribution in [0.5, 0.6) is 0 Å². The first kappa shape index (κ1) is 16.0. The molecule has 1 unspecified atom stereocenters. The Morgan fingerprint density at radius 2 is 1.83 bits per heavy atom. The predicted octanol–water partition coefficient (Wildman–Crippen LogP) is 2.13. The number of pyridine rings is 1. The van der Waals surface area contributed by atoms with Gasteiger partial charge in [0.2, 0.25) is 0 Å². The van der Waals surface area contributed by atoms with E-state index >= 15 is 0 Å². The number of amides is 1. The van der Waals surface area contributed by atoms with Crippen molar-refractivity contribution in [1.82, 2.24) is 9.88 Å². The summed E-state index contributed by atoms with van der Waals surface area (Å²) >= 11 is 0. The van der Waals surface area contributed by atoms with Gasteiger partial charge >= 0.3 is 5.97 Å². The Bertz CT molecular complexity index is 748. The highest BCUT2D eigenvalue weighted by atomic mass is 16.4. The van der Waals surface area contributed by atoms with E-state index in [1.54, 1.807) is 4.90 Å². The van der Waals surface area contributed by atoms with E-state index in [4.69, 9.17) is 5.11 Å². The SMILES string of the molecule is CC1CN(C(=O)c2cncc(C(=O)O)c2)CCN1c1ccccc1. The van der Waals surface area contributed by atoms with Gasteiger partial charge in [0.15, 0.2) is 0 Å². The summed E-state index contributed by atoms with van der Waals surface area (Å²) in [5.41, 5.74) is 1.48. The standard InChI is InChI=1S/C18H19N3O3/c1-13-12-20(7-8-21(13)16-5-3-2-4-6-16)17(22)14-9-15(18(23)24)11-19-10-14/h2-6,9-11,13H,7-8,12H2,1H3,(H,23,24). The number of carbonyl (C=O) groups excluding carboxylic acids is 1. The van der Waals surface area contributed by atoms with Crippen LogP contribution in [0.2, 0.25) is 0 Å². The third kappa shape index (κ3) is 3.22. The molecule has 0 radical (unpaired) electrons. The van der Waals surface area contributed by atoms with Crippen LogP contribution in [0.15, 0.2) is 48.8 Å². The topological polar surface area (TPSA) is 73.7 Å². The summed E-state index contributed by atoms with van der Waals surface area (Å²) in [6, 6.07) is 11.7. The highest BCUT2D eigenvalue weighted by Gasteiger charge is 2.27. The fourth-order valence-corrected chi connectivity index (χ4v) is 3.00. The van der Waals surface area contributed by atoms with Gasteiger partial charge in [0.1, 0.15) is 0 Å². The first-order valence-corrected chi connectivity index (χ1v) is 7.85. The van der Waals surface area contributed by atoms with Gasteiger partial charge in [0, 0.05) is 43.8 Å². The lowest BCUT2D eigenvalue weighted by atomic mass is 10.1. The second-order valence-corrected chi connectivity index (χ2v) is 5.90. The maximum absolute atomic E-state index is 12.6. The largest absolute Gasteiger partial charge is 0.478 e. The lowest BCUT2D eigenvalue weighted by Crippen LogP contribution is -2.53. The Labute approximate surface area is 140 Å². The van der Waals surface area contributed by atoms with Gasteiger partial charge in [-0.15, -0.1) is 0 Å². The molecule has 0 bridgehead atoms. The number of carbonyl (C=O) groups is 2. The minimum atomic E-state index is -1.08. The molecule has 1 aliphatic rings. The third-order valence-corrected chi connectivity index (χ3v) is 4.23. The van der Waals surface area contributed by atoms with Crippen molar-refractivity contribution >= 4 is 17.6 Å². The van der Waals surface area contributed by atoms with Crippen LogP contribution in [0.4, 0.5) is 5.69 Å². The number of anilines is 1. The third-order valence-electron chi connectivity index (χ3n) is 4.23. The van der Waals surface area contributed by atoms with Crippen molar-refractivity contribution < 1.29 is 14.7 Å². The van der Waals surface area contributed by atoms with E-state index in [0.717, 1.165) is 12.2 Å². The van der Waals surface area contributed by atoms with Crippen molar-refractivity contribution in [2.75, 3.05) is 24.5 Å².